The molecule has 0 aliphatic carbocycles. The summed E-state index contributed by atoms with van der Waals surface area (Å²) in [4.78, 5) is 37.0. The minimum Gasteiger partial charge on any atom is -0.467 e. The Morgan fingerprint density at radius 3 is 2.57 bits per heavy atom. The maximum atomic E-state index is 12.5. The molecule has 7 nitrogen and oxygen atoms in total. The Bertz CT molecular complexity index is 1050. The molecule has 0 aliphatic rings. The number of benzene rings is 2. The van der Waals surface area contributed by atoms with E-state index in [-0.39, 0.29) is 19.1 Å². The molecule has 3 rings (SSSR count). The standard InChI is InChI=1S/C21H19ClN2O5S/c1-28-20(26)16(24-21(27)29-12-13-6-3-2-4-7-13)11-23-19(25)18-10-14-15(22)8-5-9-17(14)30-18/h2-10,16H,11-12H2,1H3,(H,23,25)(H,24,27). The Balaban J connectivity index is 1.58. The smallest absolute Gasteiger partial charge is 0.408 e. The lowest BCUT2D eigenvalue weighted by atomic mass is 10.2. The van der Waals surface area contributed by atoms with Crippen LogP contribution in [0.5, 0.6) is 0 Å². The molecule has 0 aliphatic heterocycles. The molecular weight excluding hydrogens is 428 g/mol. The fourth-order valence-electron chi connectivity index (χ4n) is 2.66. The lowest BCUT2D eigenvalue weighted by molar-refractivity contribution is -0.142. The van der Waals surface area contributed by atoms with E-state index in [1.807, 2.05) is 36.4 Å². The normalized spacial score (nSPS) is 11.5. The van der Waals surface area contributed by atoms with Crippen molar-refractivity contribution in [3.05, 3.63) is 70.1 Å². The minimum absolute atomic E-state index is 0.0511. The number of amides is 2. The first kappa shape index (κ1) is 21.6. The van der Waals surface area contributed by atoms with Gasteiger partial charge in [-0.05, 0) is 23.8 Å². The fourth-order valence-corrected chi connectivity index (χ4v) is 3.95. The topological polar surface area (TPSA) is 93.7 Å². The molecule has 0 bridgehead atoms. The maximum absolute atomic E-state index is 12.5. The van der Waals surface area contributed by atoms with Crippen LogP contribution in [-0.4, -0.2) is 37.7 Å². The van der Waals surface area contributed by atoms with E-state index < -0.39 is 18.1 Å². The van der Waals surface area contributed by atoms with Crippen molar-refractivity contribution in [3.8, 4) is 0 Å². The van der Waals surface area contributed by atoms with Crippen LogP contribution in [-0.2, 0) is 20.9 Å². The van der Waals surface area contributed by atoms with E-state index in [0.29, 0.717) is 9.90 Å². The molecule has 2 amide bonds. The van der Waals surface area contributed by atoms with E-state index in [9.17, 15) is 14.4 Å². The third-order valence-corrected chi connectivity index (χ3v) is 5.62. The molecule has 1 atom stereocenters. The number of carbonyl (C=O) groups excluding carboxylic acids is 3. The first-order chi connectivity index (χ1) is 14.5. The van der Waals surface area contributed by atoms with Crippen LogP contribution in [0.1, 0.15) is 15.2 Å². The molecule has 9 heteroatoms. The molecule has 1 aromatic heterocycles. The molecule has 0 spiro atoms. The lowest BCUT2D eigenvalue weighted by Crippen LogP contribution is -2.49. The van der Waals surface area contributed by atoms with Crippen molar-refractivity contribution in [2.75, 3.05) is 13.7 Å². The maximum Gasteiger partial charge on any atom is 0.408 e. The number of carbonyl (C=O) groups is 3. The number of hydrogen-bond donors (Lipinski definition) is 2. The SMILES string of the molecule is COC(=O)C(CNC(=O)c1cc2c(Cl)cccc2s1)NC(=O)OCc1ccccc1. The lowest BCUT2D eigenvalue weighted by Gasteiger charge is -2.17. The van der Waals surface area contributed by atoms with E-state index in [1.165, 1.54) is 18.4 Å². The largest absolute Gasteiger partial charge is 0.467 e. The van der Waals surface area contributed by atoms with Gasteiger partial charge in [0, 0.05) is 21.7 Å². The van der Waals surface area contributed by atoms with E-state index in [2.05, 4.69) is 10.6 Å². The number of hydrogen-bond acceptors (Lipinski definition) is 6. The first-order valence-corrected chi connectivity index (χ1v) is 10.2. The number of halogens is 1. The Hall–Kier alpha value is -3.10. The molecule has 0 radical (unpaired) electrons. The van der Waals surface area contributed by atoms with E-state index in [4.69, 9.17) is 21.1 Å². The van der Waals surface area contributed by atoms with Crippen molar-refractivity contribution >= 4 is 51.0 Å². The van der Waals surface area contributed by atoms with Crippen molar-refractivity contribution < 1.29 is 23.9 Å². The highest BCUT2D eigenvalue weighted by atomic mass is 35.5. The van der Waals surface area contributed by atoms with Gasteiger partial charge in [0.05, 0.1) is 12.0 Å². The van der Waals surface area contributed by atoms with Crippen LogP contribution in [0.2, 0.25) is 5.02 Å². The Morgan fingerprint density at radius 1 is 1.10 bits per heavy atom. The van der Waals surface area contributed by atoms with Crippen LogP contribution < -0.4 is 10.6 Å². The zero-order valence-electron chi connectivity index (χ0n) is 16.0. The monoisotopic (exact) mass is 446 g/mol. The highest BCUT2D eigenvalue weighted by molar-refractivity contribution is 7.20. The van der Waals surface area contributed by atoms with Gasteiger partial charge in [-0.25, -0.2) is 9.59 Å². The number of alkyl carbamates (subject to hydrolysis) is 1. The van der Waals surface area contributed by atoms with Gasteiger partial charge in [0.25, 0.3) is 5.91 Å². The zero-order chi connectivity index (χ0) is 21.5. The number of fused-ring (bicyclic) bond motifs is 1. The minimum atomic E-state index is -1.10. The van der Waals surface area contributed by atoms with Crippen molar-refractivity contribution in [3.63, 3.8) is 0 Å². The zero-order valence-corrected chi connectivity index (χ0v) is 17.6. The van der Waals surface area contributed by atoms with Crippen LogP contribution in [0.4, 0.5) is 4.79 Å². The molecule has 1 heterocycles. The Kier molecular flexibility index (Phi) is 7.26. The summed E-state index contributed by atoms with van der Waals surface area (Å²) in [5.74, 6) is -1.09. The summed E-state index contributed by atoms with van der Waals surface area (Å²) in [6.07, 6.45) is -0.794. The molecule has 156 valence electrons. The van der Waals surface area contributed by atoms with Crippen molar-refractivity contribution in [2.24, 2.45) is 0 Å². The quantitative estimate of drug-likeness (QED) is 0.539. The highest BCUT2D eigenvalue weighted by Gasteiger charge is 2.24. The fraction of sp³-hybridized carbons (Fsp3) is 0.190. The van der Waals surface area contributed by atoms with Crippen LogP contribution >= 0.6 is 22.9 Å². The third kappa shape index (κ3) is 5.49. The van der Waals surface area contributed by atoms with Crippen molar-refractivity contribution in [1.82, 2.24) is 10.6 Å². The molecule has 2 N–H and O–H groups in total. The second-order valence-corrected chi connectivity index (χ2v) is 7.75. The summed E-state index contributed by atoms with van der Waals surface area (Å²) in [6.45, 7) is -0.108. The third-order valence-electron chi connectivity index (χ3n) is 4.19. The van der Waals surface area contributed by atoms with Crippen LogP contribution in [0.15, 0.2) is 54.6 Å². The van der Waals surface area contributed by atoms with Gasteiger partial charge in [-0.1, -0.05) is 48.0 Å². The number of nitrogens with one attached hydrogen (secondary N) is 2. The summed E-state index contributed by atoms with van der Waals surface area (Å²) in [7, 11) is 1.20. The summed E-state index contributed by atoms with van der Waals surface area (Å²) >= 11 is 7.43. The van der Waals surface area contributed by atoms with Gasteiger partial charge in [0.2, 0.25) is 0 Å². The Labute approximate surface area is 181 Å². The number of thiophene rings is 1. The molecule has 0 saturated heterocycles. The van der Waals surface area contributed by atoms with Gasteiger partial charge in [-0.2, -0.15) is 0 Å². The summed E-state index contributed by atoms with van der Waals surface area (Å²) in [5, 5.41) is 6.38. The molecule has 1 unspecified atom stereocenters. The predicted molar refractivity (Wildman–Crippen MR) is 115 cm³/mol. The van der Waals surface area contributed by atoms with Gasteiger partial charge < -0.3 is 20.1 Å². The molecule has 2 aromatic carbocycles. The highest BCUT2D eigenvalue weighted by Crippen LogP contribution is 2.30. The van der Waals surface area contributed by atoms with E-state index >= 15 is 0 Å². The van der Waals surface area contributed by atoms with Crippen molar-refractivity contribution in [1.29, 1.82) is 0 Å². The molecule has 3 aromatic rings. The van der Waals surface area contributed by atoms with Crippen LogP contribution in [0.3, 0.4) is 0 Å². The molecule has 0 fully saturated rings. The van der Waals surface area contributed by atoms with Crippen LogP contribution in [0.25, 0.3) is 10.1 Å². The van der Waals surface area contributed by atoms with Gasteiger partial charge in [-0.15, -0.1) is 11.3 Å². The Morgan fingerprint density at radius 2 is 1.87 bits per heavy atom. The van der Waals surface area contributed by atoms with Crippen molar-refractivity contribution in [2.45, 2.75) is 12.6 Å². The first-order valence-electron chi connectivity index (χ1n) is 8.99. The molecule has 30 heavy (non-hydrogen) atoms. The molecular formula is C21H19ClN2O5S. The summed E-state index contributed by atoms with van der Waals surface area (Å²) < 4.78 is 10.7. The van der Waals surface area contributed by atoms with Gasteiger partial charge >= 0.3 is 12.1 Å². The number of methoxy groups -OCH3 is 1. The average Bonchev–Trinajstić information content (AvgIpc) is 3.21. The number of rotatable bonds is 7. The van der Waals surface area contributed by atoms with Crippen LogP contribution in [0, 0.1) is 0 Å². The van der Waals surface area contributed by atoms with Gasteiger partial charge in [0.1, 0.15) is 12.6 Å². The van der Waals surface area contributed by atoms with E-state index in [1.54, 1.807) is 18.2 Å². The molecule has 0 saturated carbocycles. The van der Waals surface area contributed by atoms with Gasteiger partial charge in [-0.3, -0.25) is 4.79 Å². The van der Waals surface area contributed by atoms with Gasteiger partial charge in [0.15, 0.2) is 0 Å². The second-order valence-electron chi connectivity index (χ2n) is 6.25. The second kappa shape index (κ2) is 10.1. The van der Waals surface area contributed by atoms with E-state index in [0.717, 1.165) is 15.6 Å². The average molecular weight is 447 g/mol. The summed E-state index contributed by atoms with van der Waals surface area (Å²) in [6, 6.07) is 15.1. The summed E-state index contributed by atoms with van der Waals surface area (Å²) in [5.41, 5.74) is 0.805. The number of ether oxygens (including phenoxy) is 2. The number of esters is 1. The predicted octanol–water partition coefficient (Wildman–Crippen LogP) is 3.75.